The number of carboxylic acids is 1. The highest BCUT2D eigenvalue weighted by molar-refractivity contribution is 6.16. The number of hydrogen-bond donors (Lipinski definition) is 1. The lowest BCUT2D eigenvalue weighted by atomic mass is 9.96. The molecule has 106 valence electrons. The van der Waals surface area contributed by atoms with Crippen molar-refractivity contribution in [1.82, 2.24) is 0 Å². The fourth-order valence-corrected chi connectivity index (χ4v) is 1.96. The Morgan fingerprint density at radius 2 is 1.71 bits per heavy atom. The Kier molecular flexibility index (Phi) is 3.80. The minimum Gasteiger partial charge on any atom is -0.478 e. The number of ketones is 1. The first-order valence-corrected chi connectivity index (χ1v) is 6.04. The molecule has 0 aliphatic carbocycles. The van der Waals surface area contributed by atoms with Gasteiger partial charge in [-0.3, -0.25) is 14.9 Å². The van der Waals surface area contributed by atoms with Gasteiger partial charge >= 0.3 is 5.97 Å². The van der Waals surface area contributed by atoms with E-state index in [1.165, 1.54) is 24.3 Å². The van der Waals surface area contributed by atoms with E-state index in [1.807, 2.05) is 6.92 Å². The molecule has 2 rings (SSSR count). The van der Waals surface area contributed by atoms with E-state index in [9.17, 15) is 19.7 Å². The summed E-state index contributed by atoms with van der Waals surface area (Å²) in [5.74, 6) is -2.06. The molecule has 0 aromatic heterocycles. The van der Waals surface area contributed by atoms with E-state index in [4.69, 9.17) is 5.11 Å². The molecule has 0 bridgehead atoms. The average molecular weight is 285 g/mol. The molecule has 2 aromatic rings. The van der Waals surface area contributed by atoms with Crippen LogP contribution >= 0.6 is 0 Å². The van der Waals surface area contributed by atoms with E-state index < -0.39 is 27.9 Å². The lowest BCUT2D eigenvalue weighted by Crippen LogP contribution is -2.12. The van der Waals surface area contributed by atoms with Crippen molar-refractivity contribution in [3.05, 3.63) is 74.8 Å². The van der Waals surface area contributed by atoms with Gasteiger partial charge in [0.15, 0.2) is 0 Å². The third kappa shape index (κ3) is 2.79. The summed E-state index contributed by atoms with van der Waals surface area (Å²) in [7, 11) is 0. The molecule has 0 saturated carbocycles. The molecule has 0 aliphatic heterocycles. The van der Waals surface area contributed by atoms with Crippen molar-refractivity contribution in [1.29, 1.82) is 0 Å². The summed E-state index contributed by atoms with van der Waals surface area (Å²) in [6.07, 6.45) is 0. The number of carbonyl (C=O) groups excluding carboxylic acids is 1. The molecular formula is C15H11NO5. The van der Waals surface area contributed by atoms with Gasteiger partial charge in [0.05, 0.1) is 10.5 Å². The Labute approximate surface area is 119 Å². The maximum absolute atomic E-state index is 12.4. The number of nitrogens with zero attached hydrogens (tertiary/aromatic N) is 1. The Hall–Kier alpha value is -3.02. The van der Waals surface area contributed by atoms with Crippen molar-refractivity contribution >= 4 is 17.4 Å². The summed E-state index contributed by atoms with van der Waals surface area (Å²) in [6.45, 7) is 1.84. The Bertz CT molecular complexity index is 702. The van der Waals surface area contributed by atoms with Crippen molar-refractivity contribution in [2.75, 3.05) is 0 Å². The smallest absolute Gasteiger partial charge is 0.336 e. The second-order valence-corrected chi connectivity index (χ2v) is 4.46. The number of hydrogen-bond acceptors (Lipinski definition) is 4. The monoisotopic (exact) mass is 285 g/mol. The summed E-state index contributed by atoms with van der Waals surface area (Å²) in [4.78, 5) is 33.9. The summed E-state index contributed by atoms with van der Waals surface area (Å²) in [6, 6.07) is 9.93. The molecule has 21 heavy (non-hydrogen) atoms. The van der Waals surface area contributed by atoms with Gasteiger partial charge in [-0.25, -0.2) is 4.79 Å². The van der Waals surface area contributed by atoms with Crippen molar-refractivity contribution in [3.8, 4) is 0 Å². The number of benzene rings is 2. The molecule has 0 heterocycles. The molecular weight excluding hydrogens is 274 g/mol. The molecule has 0 fully saturated rings. The van der Waals surface area contributed by atoms with Gasteiger partial charge in [0.1, 0.15) is 5.56 Å². The molecule has 1 N–H and O–H groups in total. The van der Waals surface area contributed by atoms with Crippen molar-refractivity contribution in [3.63, 3.8) is 0 Å². The average Bonchev–Trinajstić information content (AvgIpc) is 2.46. The maximum atomic E-state index is 12.4. The predicted molar refractivity (Wildman–Crippen MR) is 74.7 cm³/mol. The number of aromatic carboxylic acids is 1. The van der Waals surface area contributed by atoms with Gasteiger partial charge in [0.2, 0.25) is 5.78 Å². The van der Waals surface area contributed by atoms with Crippen LogP contribution < -0.4 is 0 Å². The lowest BCUT2D eigenvalue weighted by Gasteiger charge is -2.06. The molecule has 0 radical (unpaired) electrons. The molecule has 0 atom stereocenters. The van der Waals surface area contributed by atoms with Gasteiger partial charge in [0, 0.05) is 11.6 Å². The number of aryl methyl sites for hydroxylation is 1. The Balaban J connectivity index is 2.65. The van der Waals surface area contributed by atoms with Gasteiger partial charge in [-0.2, -0.15) is 0 Å². The quantitative estimate of drug-likeness (QED) is 0.529. The lowest BCUT2D eigenvalue weighted by molar-refractivity contribution is -0.385. The second-order valence-electron chi connectivity index (χ2n) is 4.46. The minimum atomic E-state index is -1.38. The third-order valence-corrected chi connectivity index (χ3v) is 3.01. The topological polar surface area (TPSA) is 97.5 Å². The molecule has 6 heteroatoms. The first-order valence-electron chi connectivity index (χ1n) is 6.04. The highest BCUT2D eigenvalue weighted by Crippen LogP contribution is 2.25. The fraction of sp³-hybridized carbons (Fsp3) is 0.0667. The zero-order chi connectivity index (χ0) is 15.6. The summed E-state index contributed by atoms with van der Waals surface area (Å²) in [5, 5.41) is 20.2. The van der Waals surface area contributed by atoms with E-state index in [2.05, 4.69) is 0 Å². The van der Waals surface area contributed by atoms with Gasteiger partial charge in [0.25, 0.3) is 5.69 Å². The zero-order valence-electron chi connectivity index (χ0n) is 11.1. The van der Waals surface area contributed by atoms with E-state index in [1.54, 1.807) is 12.1 Å². The summed E-state index contributed by atoms with van der Waals surface area (Å²) >= 11 is 0. The van der Waals surface area contributed by atoms with Crippen molar-refractivity contribution in [2.24, 2.45) is 0 Å². The molecule has 2 aromatic carbocycles. The van der Waals surface area contributed by atoms with Crippen LogP contribution in [-0.4, -0.2) is 21.8 Å². The van der Waals surface area contributed by atoms with Gasteiger partial charge in [-0.05, 0) is 13.0 Å². The number of carboxylic acid groups (broad SMARTS) is 1. The van der Waals surface area contributed by atoms with Gasteiger partial charge in [-0.1, -0.05) is 35.9 Å². The van der Waals surface area contributed by atoms with Crippen molar-refractivity contribution < 1.29 is 19.6 Å². The highest BCUT2D eigenvalue weighted by atomic mass is 16.6. The number of nitro benzene ring substituents is 1. The molecule has 0 aliphatic rings. The molecule has 0 unspecified atom stereocenters. The fourth-order valence-electron chi connectivity index (χ4n) is 1.96. The molecule has 0 spiro atoms. The van der Waals surface area contributed by atoms with Crippen LogP contribution in [0.3, 0.4) is 0 Å². The first-order chi connectivity index (χ1) is 9.91. The van der Waals surface area contributed by atoms with Crippen LogP contribution in [0, 0.1) is 17.0 Å². The zero-order valence-corrected chi connectivity index (χ0v) is 11.1. The standard InChI is InChI=1S/C15H11NO5/c1-9-5-7-10(8-6-9)14(17)13-11(15(18)19)3-2-4-12(13)16(20)21/h2-8H,1H3,(H,18,19). The van der Waals surface area contributed by atoms with Crippen LogP contribution in [0.25, 0.3) is 0 Å². The van der Waals surface area contributed by atoms with E-state index in [-0.39, 0.29) is 11.1 Å². The highest BCUT2D eigenvalue weighted by Gasteiger charge is 2.27. The van der Waals surface area contributed by atoms with E-state index >= 15 is 0 Å². The molecule has 0 amide bonds. The van der Waals surface area contributed by atoms with Crippen LogP contribution in [0.1, 0.15) is 31.8 Å². The Morgan fingerprint density at radius 1 is 1.10 bits per heavy atom. The predicted octanol–water partition coefficient (Wildman–Crippen LogP) is 2.83. The summed E-state index contributed by atoms with van der Waals surface area (Å²) in [5.41, 5.74) is -0.168. The first kappa shape index (κ1) is 14.4. The van der Waals surface area contributed by atoms with E-state index in [0.29, 0.717) is 0 Å². The van der Waals surface area contributed by atoms with Crippen LogP contribution in [0.5, 0.6) is 0 Å². The Morgan fingerprint density at radius 3 is 2.24 bits per heavy atom. The van der Waals surface area contributed by atoms with Gasteiger partial charge in [-0.15, -0.1) is 0 Å². The van der Waals surface area contributed by atoms with Crippen molar-refractivity contribution in [2.45, 2.75) is 6.92 Å². The normalized spacial score (nSPS) is 10.1. The van der Waals surface area contributed by atoms with Crippen LogP contribution in [0.2, 0.25) is 0 Å². The van der Waals surface area contributed by atoms with Crippen LogP contribution in [0.4, 0.5) is 5.69 Å². The maximum Gasteiger partial charge on any atom is 0.336 e. The second kappa shape index (κ2) is 5.54. The third-order valence-electron chi connectivity index (χ3n) is 3.01. The minimum absolute atomic E-state index is 0.206. The number of carbonyl (C=O) groups is 2. The van der Waals surface area contributed by atoms with Crippen LogP contribution in [-0.2, 0) is 0 Å². The molecule has 6 nitrogen and oxygen atoms in total. The SMILES string of the molecule is Cc1ccc(C(=O)c2c(C(=O)O)cccc2[N+](=O)[O-])cc1. The summed E-state index contributed by atoms with van der Waals surface area (Å²) < 4.78 is 0. The van der Waals surface area contributed by atoms with Crippen LogP contribution in [0.15, 0.2) is 42.5 Å². The number of rotatable bonds is 4. The molecule has 0 saturated heterocycles. The van der Waals surface area contributed by atoms with E-state index in [0.717, 1.165) is 11.6 Å². The number of nitro groups is 1. The van der Waals surface area contributed by atoms with Gasteiger partial charge < -0.3 is 5.11 Å². The largest absolute Gasteiger partial charge is 0.478 e.